The first-order valence-corrected chi connectivity index (χ1v) is 8.04. The lowest BCUT2D eigenvalue weighted by Crippen LogP contribution is -2.47. The van der Waals surface area contributed by atoms with Crippen molar-refractivity contribution in [3.05, 3.63) is 35.4 Å². The zero-order valence-electron chi connectivity index (χ0n) is 14.3. The lowest BCUT2D eigenvalue weighted by atomic mass is 9.70. The van der Waals surface area contributed by atoms with Crippen LogP contribution >= 0.6 is 0 Å². The molecule has 126 valence electrons. The van der Waals surface area contributed by atoms with Crippen LogP contribution in [0.5, 0.6) is 0 Å². The van der Waals surface area contributed by atoms with Crippen LogP contribution in [-0.2, 0) is 11.2 Å². The summed E-state index contributed by atoms with van der Waals surface area (Å²) >= 11 is 0. The molecule has 1 aliphatic carbocycles. The SMILES string of the molecule is CC(CN(C)C(=O)NC1c2ccccc2CCC1(C)C)C(=O)O. The van der Waals surface area contributed by atoms with Crippen molar-refractivity contribution in [2.45, 2.75) is 39.7 Å². The lowest BCUT2D eigenvalue weighted by Gasteiger charge is -2.41. The molecular weight excluding hydrogens is 292 g/mol. The van der Waals surface area contributed by atoms with Gasteiger partial charge in [-0.25, -0.2) is 4.79 Å². The maximum atomic E-state index is 12.5. The summed E-state index contributed by atoms with van der Waals surface area (Å²) < 4.78 is 0. The predicted octanol–water partition coefficient (Wildman–Crippen LogP) is 3.06. The quantitative estimate of drug-likeness (QED) is 0.896. The molecule has 23 heavy (non-hydrogen) atoms. The molecule has 2 N–H and O–H groups in total. The summed E-state index contributed by atoms with van der Waals surface area (Å²) in [5.41, 5.74) is 2.40. The van der Waals surface area contributed by atoms with Crippen LogP contribution in [0.2, 0.25) is 0 Å². The third kappa shape index (κ3) is 3.84. The summed E-state index contributed by atoms with van der Waals surface area (Å²) in [6, 6.07) is 7.91. The number of benzene rings is 1. The number of carbonyl (C=O) groups is 2. The summed E-state index contributed by atoms with van der Waals surface area (Å²) in [6.45, 7) is 6.11. The molecule has 1 aromatic rings. The summed E-state index contributed by atoms with van der Waals surface area (Å²) in [4.78, 5) is 24.9. The molecule has 5 heteroatoms. The molecule has 0 fully saturated rings. The molecule has 0 bridgehead atoms. The van der Waals surface area contributed by atoms with E-state index in [1.165, 1.54) is 10.5 Å². The number of aryl methyl sites for hydroxylation is 1. The van der Waals surface area contributed by atoms with Gasteiger partial charge in [0.05, 0.1) is 12.0 Å². The van der Waals surface area contributed by atoms with Crippen molar-refractivity contribution in [3.8, 4) is 0 Å². The number of fused-ring (bicyclic) bond motifs is 1. The van der Waals surface area contributed by atoms with E-state index in [0.29, 0.717) is 0 Å². The number of aliphatic carboxylic acids is 1. The van der Waals surface area contributed by atoms with Crippen LogP contribution in [0.3, 0.4) is 0 Å². The number of carboxylic acid groups (broad SMARTS) is 1. The fourth-order valence-electron chi connectivity index (χ4n) is 3.14. The maximum absolute atomic E-state index is 12.5. The highest BCUT2D eigenvalue weighted by molar-refractivity contribution is 5.76. The highest BCUT2D eigenvalue weighted by Gasteiger charge is 2.37. The van der Waals surface area contributed by atoms with Gasteiger partial charge in [-0.15, -0.1) is 0 Å². The standard InChI is InChI=1S/C18H26N2O3/c1-12(16(21)22)11-20(4)17(23)19-15-14-8-6-5-7-13(14)9-10-18(15,2)3/h5-8,12,15H,9-11H2,1-4H3,(H,19,23)(H,21,22). The van der Waals surface area contributed by atoms with Gasteiger partial charge >= 0.3 is 12.0 Å². The highest BCUT2D eigenvalue weighted by atomic mass is 16.4. The molecule has 2 atom stereocenters. The maximum Gasteiger partial charge on any atom is 0.317 e. The van der Waals surface area contributed by atoms with Crippen LogP contribution in [0.15, 0.2) is 24.3 Å². The van der Waals surface area contributed by atoms with Gasteiger partial charge in [0.25, 0.3) is 0 Å². The molecule has 2 unspecified atom stereocenters. The smallest absolute Gasteiger partial charge is 0.317 e. The molecule has 0 radical (unpaired) electrons. The van der Waals surface area contributed by atoms with Gasteiger partial charge in [0.1, 0.15) is 0 Å². The Morgan fingerprint density at radius 3 is 2.70 bits per heavy atom. The second-order valence-corrected chi connectivity index (χ2v) is 7.19. The summed E-state index contributed by atoms with van der Waals surface area (Å²) in [5, 5.41) is 12.1. The van der Waals surface area contributed by atoms with E-state index >= 15 is 0 Å². The number of carbonyl (C=O) groups excluding carboxylic acids is 1. The number of nitrogens with zero attached hydrogens (tertiary/aromatic N) is 1. The monoisotopic (exact) mass is 318 g/mol. The second kappa shape index (κ2) is 6.60. The van der Waals surface area contributed by atoms with E-state index in [4.69, 9.17) is 5.11 Å². The minimum absolute atomic E-state index is 0.0384. The number of nitrogens with one attached hydrogen (secondary N) is 1. The number of hydrogen-bond acceptors (Lipinski definition) is 2. The third-order valence-corrected chi connectivity index (χ3v) is 4.77. The molecule has 1 aromatic carbocycles. The number of rotatable bonds is 4. The number of hydrogen-bond donors (Lipinski definition) is 2. The van der Waals surface area contributed by atoms with E-state index in [0.717, 1.165) is 18.4 Å². The minimum atomic E-state index is -0.895. The molecule has 0 heterocycles. The van der Waals surface area contributed by atoms with Crippen LogP contribution in [0.1, 0.15) is 44.4 Å². The van der Waals surface area contributed by atoms with Gasteiger partial charge in [-0.05, 0) is 29.4 Å². The van der Waals surface area contributed by atoms with Gasteiger partial charge < -0.3 is 15.3 Å². The van der Waals surface area contributed by atoms with Gasteiger partial charge in [-0.1, -0.05) is 45.0 Å². The molecule has 0 saturated heterocycles. The molecule has 5 nitrogen and oxygen atoms in total. The Bertz CT molecular complexity index is 598. The van der Waals surface area contributed by atoms with E-state index in [1.54, 1.807) is 14.0 Å². The first kappa shape index (κ1) is 17.3. The fraction of sp³-hybridized carbons (Fsp3) is 0.556. The zero-order valence-corrected chi connectivity index (χ0v) is 14.3. The molecule has 0 aromatic heterocycles. The van der Waals surface area contributed by atoms with Crippen molar-refractivity contribution < 1.29 is 14.7 Å². The van der Waals surface area contributed by atoms with Crippen molar-refractivity contribution in [1.82, 2.24) is 10.2 Å². The lowest BCUT2D eigenvalue weighted by molar-refractivity contribution is -0.141. The van der Waals surface area contributed by atoms with Gasteiger partial charge in [0, 0.05) is 13.6 Å². The Morgan fingerprint density at radius 2 is 2.04 bits per heavy atom. The number of amides is 2. The molecule has 1 aliphatic rings. The van der Waals surface area contributed by atoms with Crippen LogP contribution in [0, 0.1) is 11.3 Å². The van der Waals surface area contributed by atoms with Crippen LogP contribution < -0.4 is 5.32 Å². The molecule has 2 amide bonds. The van der Waals surface area contributed by atoms with Gasteiger partial charge in [-0.3, -0.25) is 4.79 Å². The number of urea groups is 1. The number of carboxylic acids is 1. The predicted molar refractivity (Wildman–Crippen MR) is 89.2 cm³/mol. The van der Waals surface area contributed by atoms with Crippen molar-refractivity contribution in [2.24, 2.45) is 11.3 Å². The van der Waals surface area contributed by atoms with Crippen molar-refractivity contribution in [1.29, 1.82) is 0 Å². The van der Waals surface area contributed by atoms with Crippen LogP contribution in [0.25, 0.3) is 0 Å². The van der Waals surface area contributed by atoms with Crippen molar-refractivity contribution in [3.63, 3.8) is 0 Å². The Balaban J connectivity index is 2.14. The molecule has 2 rings (SSSR count). The van der Waals surface area contributed by atoms with Gasteiger partial charge in [0.15, 0.2) is 0 Å². The average molecular weight is 318 g/mol. The topological polar surface area (TPSA) is 69.6 Å². The Labute approximate surface area is 137 Å². The van der Waals surface area contributed by atoms with E-state index in [-0.39, 0.29) is 24.0 Å². The average Bonchev–Trinajstić information content (AvgIpc) is 2.49. The minimum Gasteiger partial charge on any atom is -0.481 e. The first-order valence-electron chi connectivity index (χ1n) is 8.04. The van der Waals surface area contributed by atoms with Crippen LogP contribution in [0.4, 0.5) is 4.79 Å². The Morgan fingerprint density at radius 1 is 1.39 bits per heavy atom. The molecule has 0 aliphatic heterocycles. The van der Waals surface area contributed by atoms with Crippen molar-refractivity contribution >= 4 is 12.0 Å². The first-order chi connectivity index (χ1) is 10.7. The van der Waals surface area contributed by atoms with Gasteiger partial charge in [0.2, 0.25) is 0 Å². The Hall–Kier alpha value is -2.04. The largest absolute Gasteiger partial charge is 0.481 e. The third-order valence-electron chi connectivity index (χ3n) is 4.77. The van der Waals surface area contributed by atoms with E-state index in [2.05, 4.69) is 31.3 Å². The zero-order chi connectivity index (χ0) is 17.2. The van der Waals surface area contributed by atoms with E-state index in [1.807, 2.05) is 12.1 Å². The summed E-state index contributed by atoms with van der Waals surface area (Å²) in [7, 11) is 1.64. The van der Waals surface area contributed by atoms with E-state index < -0.39 is 11.9 Å². The van der Waals surface area contributed by atoms with E-state index in [9.17, 15) is 9.59 Å². The fourth-order valence-corrected chi connectivity index (χ4v) is 3.14. The highest BCUT2D eigenvalue weighted by Crippen LogP contribution is 2.43. The molecular formula is C18H26N2O3. The normalized spacial score (nSPS) is 20.3. The van der Waals surface area contributed by atoms with Crippen LogP contribution in [-0.4, -0.2) is 35.6 Å². The summed E-state index contributed by atoms with van der Waals surface area (Å²) in [6.07, 6.45) is 2.02. The molecule has 0 spiro atoms. The Kier molecular flexibility index (Phi) is 4.97. The molecule has 0 saturated carbocycles. The second-order valence-electron chi connectivity index (χ2n) is 7.19. The van der Waals surface area contributed by atoms with Gasteiger partial charge in [-0.2, -0.15) is 0 Å². The van der Waals surface area contributed by atoms with Crippen molar-refractivity contribution in [2.75, 3.05) is 13.6 Å². The summed E-state index contributed by atoms with van der Waals surface area (Å²) in [5.74, 6) is -1.48.